The fraction of sp³-hybridized carbons (Fsp3) is 0.0250. The molecule has 0 aliphatic carbocycles. The number of amides is 2. The van der Waals surface area contributed by atoms with Gasteiger partial charge in [-0.1, -0.05) is 91.0 Å². The maximum Gasteiger partial charge on any atom is 0.268 e. The summed E-state index contributed by atoms with van der Waals surface area (Å²) in [5.74, 6) is -0.686. The van der Waals surface area contributed by atoms with Crippen LogP contribution in [0.25, 0.3) is 49.7 Å². The molecule has 0 N–H and O–H groups in total. The van der Waals surface area contributed by atoms with Crippen LogP contribution in [0.1, 0.15) is 31.8 Å². The van der Waals surface area contributed by atoms with Crippen LogP contribution >= 0.6 is 0 Å². The molecule has 212 valence electrons. The number of carbonyl (C=O) groups excluding carboxylic acids is 2. The molecule has 0 spiro atoms. The third-order valence-corrected chi connectivity index (χ3v) is 8.71. The molecule has 0 atom stereocenters. The predicted octanol–water partition coefficient (Wildman–Crippen LogP) is 9.10. The van der Waals surface area contributed by atoms with E-state index in [-0.39, 0.29) is 11.8 Å². The lowest BCUT2D eigenvalue weighted by Gasteiger charge is -2.18. The smallest absolute Gasteiger partial charge is 0.268 e. The topological polar surface area (TPSA) is 66.1 Å². The van der Waals surface area contributed by atoms with Gasteiger partial charge in [-0.05, 0) is 71.6 Å². The second kappa shape index (κ2) is 10.2. The number of hydrogen-bond acceptors (Lipinski definition) is 3. The van der Waals surface area contributed by atoms with E-state index in [1.54, 1.807) is 6.07 Å². The number of para-hydroxylation sites is 2. The molecule has 5 heteroatoms. The minimum atomic E-state index is -0.348. The van der Waals surface area contributed by atoms with Gasteiger partial charge >= 0.3 is 0 Å². The van der Waals surface area contributed by atoms with Crippen molar-refractivity contribution in [3.8, 4) is 34.0 Å². The molecule has 1 aromatic heterocycles. The van der Waals surface area contributed by atoms with Crippen LogP contribution in [0.2, 0.25) is 0 Å². The van der Waals surface area contributed by atoms with Gasteiger partial charge < -0.3 is 4.57 Å². The third kappa shape index (κ3) is 3.93. The van der Waals surface area contributed by atoms with Crippen molar-refractivity contribution in [2.24, 2.45) is 0 Å². The highest BCUT2D eigenvalue weighted by atomic mass is 16.2. The quantitative estimate of drug-likeness (QED) is 0.195. The summed E-state index contributed by atoms with van der Waals surface area (Å²) < 4.78 is 2.10. The van der Waals surface area contributed by atoms with Crippen molar-refractivity contribution in [1.29, 1.82) is 5.26 Å². The van der Waals surface area contributed by atoms with Gasteiger partial charge in [0.05, 0.1) is 45.2 Å². The molecule has 7 aromatic rings. The van der Waals surface area contributed by atoms with Gasteiger partial charge in [-0.3, -0.25) is 9.59 Å². The summed E-state index contributed by atoms with van der Waals surface area (Å²) in [6, 6.07) is 45.1. The van der Waals surface area contributed by atoms with Crippen molar-refractivity contribution in [2.75, 3.05) is 4.90 Å². The van der Waals surface area contributed by atoms with E-state index in [9.17, 15) is 14.9 Å². The molecule has 0 fully saturated rings. The van der Waals surface area contributed by atoms with E-state index in [4.69, 9.17) is 0 Å². The number of hydrogen-bond donors (Lipinski definition) is 0. The molecule has 2 heterocycles. The second-order valence-electron chi connectivity index (χ2n) is 11.2. The van der Waals surface area contributed by atoms with Gasteiger partial charge in [0, 0.05) is 16.3 Å². The molecule has 45 heavy (non-hydrogen) atoms. The van der Waals surface area contributed by atoms with Gasteiger partial charge in [-0.15, -0.1) is 0 Å². The zero-order valence-electron chi connectivity index (χ0n) is 24.4. The van der Waals surface area contributed by atoms with Crippen LogP contribution in [0.5, 0.6) is 0 Å². The molecule has 1 aliphatic rings. The zero-order chi connectivity index (χ0) is 30.7. The van der Waals surface area contributed by atoms with Crippen LogP contribution in [0, 0.1) is 18.3 Å². The molecule has 0 saturated heterocycles. The van der Waals surface area contributed by atoms with Crippen molar-refractivity contribution >= 4 is 39.3 Å². The predicted molar refractivity (Wildman–Crippen MR) is 179 cm³/mol. The van der Waals surface area contributed by atoms with E-state index in [1.807, 2.05) is 116 Å². The SMILES string of the molecule is Cc1cc(C#N)ccc1-c1cccc2c1c1ccccc1n2-c1cccc2c1C(=O)N(c1ccccc1-c1ccccc1)C2=O. The molecule has 6 aromatic carbocycles. The van der Waals surface area contributed by atoms with E-state index in [1.165, 1.54) is 4.90 Å². The number of imide groups is 1. The van der Waals surface area contributed by atoms with E-state index in [2.05, 4.69) is 28.8 Å². The molecule has 5 nitrogen and oxygen atoms in total. The number of nitrogens with zero attached hydrogens (tertiary/aromatic N) is 3. The maximum atomic E-state index is 14.4. The highest BCUT2D eigenvalue weighted by Crippen LogP contribution is 2.42. The first kappa shape index (κ1) is 26.4. The van der Waals surface area contributed by atoms with E-state index in [0.29, 0.717) is 28.1 Å². The molecule has 0 bridgehead atoms. The monoisotopic (exact) mass is 579 g/mol. The summed E-state index contributed by atoms with van der Waals surface area (Å²) in [4.78, 5) is 29.8. The van der Waals surface area contributed by atoms with Gasteiger partial charge in [0.1, 0.15) is 0 Å². The molecular formula is C40H25N3O2. The summed E-state index contributed by atoms with van der Waals surface area (Å²) in [5, 5.41) is 11.5. The summed E-state index contributed by atoms with van der Waals surface area (Å²) in [5.41, 5.74) is 9.28. The van der Waals surface area contributed by atoms with Crippen LogP contribution in [0.3, 0.4) is 0 Å². The van der Waals surface area contributed by atoms with Gasteiger partial charge in [0.2, 0.25) is 0 Å². The number of fused-ring (bicyclic) bond motifs is 4. The summed E-state index contributed by atoms with van der Waals surface area (Å²) in [6.45, 7) is 2.02. The van der Waals surface area contributed by atoms with Gasteiger partial charge in [0.25, 0.3) is 11.8 Å². The van der Waals surface area contributed by atoms with Crippen LogP contribution in [0.15, 0.2) is 133 Å². The Labute approximate surface area is 259 Å². The number of benzene rings is 6. The van der Waals surface area contributed by atoms with Gasteiger partial charge in [-0.2, -0.15) is 5.26 Å². The first-order valence-corrected chi connectivity index (χ1v) is 14.8. The minimum Gasteiger partial charge on any atom is -0.308 e. The van der Waals surface area contributed by atoms with Crippen LogP contribution < -0.4 is 4.90 Å². The van der Waals surface area contributed by atoms with E-state index < -0.39 is 0 Å². The third-order valence-electron chi connectivity index (χ3n) is 8.71. The van der Waals surface area contributed by atoms with Crippen molar-refractivity contribution in [3.63, 3.8) is 0 Å². The number of aryl methyl sites for hydroxylation is 1. The first-order valence-electron chi connectivity index (χ1n) is 14.8. The number of carbonyl (C=O) groups is 2. The van der Waals surface area contributed by atoms with Gasteiger partial charge in [0.15, 0.2) is 0 Å². The normalized spacial score (nSPS) is 12.6. The molecule has 0 radical (unpaired) electrons. The first-order chi connectivity index (χ1) is 22.1. The van der Waals surface area contributed by atoms with Crippen molar-refractivity contribution in [2.45, 2.75) is 6.92 Å². The maximum absolute atomic E-state index is 14.4. The molecular weight excluding hydrogens is 554 g/mol. The van der Waals surface area contributed by atoms with Crippen molar-refractivity contribution < 1.29 is 9.59 Å². The lowest BCUT2D eigenvalue weighted by molar-refractivity contribution is 0.0926. The average Bonchev–Trinajstić information content (AvgIpc) is 3.56. The fourth-order valence-corrected chi connectivity index (χ4v) is 6.74. The molecule has 2 amide bonds. The Morgan fingerprint density at radius 3 is 2.07 bits per heavy atom. The van der Waals surface area contributed by atoms with Gasteiger partial charge in [-0.25, -0.2) is 4.90 Å². The van der Waals surface area contributed by atoms with Crippen molar-refractivity contribution in [1.82, 2.24) is 4.57 Å². The van der Waals surface area contributed by atoms with Crippen molar-refractivity contribution in [3.05, 3.63) is 156 Å². The number of anilines is 1. The summed E-state index contributed by atoms with van der Waals surface area (Å²) >= 11 is 0. The van der Waals surface area contributed by atoms with E-state index >= 15 is 0 Å². The largest absolute Gasteiger partial charge is 0.308 e. The van der Waals surface area contributed by atoms with Crippen LogP contribution in [-0.4, -0.2) is 16.4 Å². The number of nitriles is 1. The zero-order valence-corrected chi connectivity index (χ0v) is 24.4. The molecule has 8 rings (SSSR count). The number of aromatic nitrogens is 1. The summed E-state index contributed by atoms with van der Waals surface area (Å²) in [6.07, 6.45) is 0. The standard InChI is InChI=1S/C40H25N3O2/c1-25-23-26(24-41)21-22-28(25)30-15-9-19-35-37(30)31-14-6-8-18-34(31)42(35)36-20-10-16-32-38(36)40(45)43(39(32)44)33-17-7-5-13-29(33)27-11-3-2-4-12-27/h2-23H,1H3. The van der Waals surface area contributed by atoms with Crippen LogP contribution in [-0.2, 0) is 0 Å². The Kier molecular flexibility index (Phi) is 5.97. The summed E-state index contributed by atoms with van der Waals surface area (Å²) in [7, 11) is 0. The highest BCUT2D eigenvalue weighted by Gasteiger charge is 2.40. The Morgan fingerprint density at radius 2 is 1.24 bits per heavy atom. The molecule has 1 aliphatic heterocycles. The van der Waals surface area contributed by atoms with Crippen LogP contribution in [0.4, 0.5) is 5.69 Å². The Balaban J connectivity index is 1.36. The Hall–Kier alpha value is -6.25. The minimum absolute atomic E-state index is 0.338. The lowest BCUT2D eigenvalue weighted by Crippen LogP contribution is -2.30. The Bertz CT molecular complexity index is 2400. The lowest BCUT2D eigenvalue weighted by atomic mass is 9.95. The second-order valence-corrected chi connectivity index (χ2v) is 11.2. The highest BCUT2D eigenvalue weighted by molar-refractivity contribution is 6.36. The average molecular weight is 580 g/mol. The van der Waals surface area contributed by atoms with E-state index in [0.717, 1.165) is 49.6 Å². The Morgan fingerprint density at radius 1 is 0.578 bits per heavy atom. The number of rotatable bonds is 4. The molecule has 0 saturated carbocycles. The molecule has 0 unspecified atom stereocenters. The fourth-order valence-electron chi connectivity index (χ4n) is 6.74.